The van der Waals surface area contributed by atoms with E-state index in [1.807, 2.05) is 4.90 Å². The topological polar surface area (TPSA) is 29.5 Å². The summed E-state index contributed by atoms with van der Waals surface area (Å²) in [4.78, 5) is 12.8. The molecular formula is C9H14F3NO2. The number of nitrogens with zero attached hydrogens (tertiary/aromatic N) is 1. The molecule has 0 aromatic heterocycles. The summed E-state index contributed by atoms with van der Waals surface area (Å²) in [6.07, 6.45) is -3.25. The fraction of sp³-hybridized carbons (Fsp3) is 0.889. The summed E-state index contributed by atoms with van der Waals surface area (Å²) in [7, 11) is 0. The number of alkyl halides is 3. The molecule has 0 unspecified atom stereocenters. The molecule has 1 rings (SSSR count). The largest absolute Gasteiger partial charge is 0.411 e. The first kappa shape index (κ1) is 12.4. The summed E-state index contributed by atoms with van der Waals surface area (Å²) in [5, 5.41) is 0. The lowest BCUT2D eigenvalue weighted by Crippen LogP contribution is -2.36. The highest BCUT2D eigenvalue weighted by atomic mass is 19.4. The first-order valence-corrected chi connectivity index (χ1v) is 4.86. The van der Waals surface area contributed by atoms with Crippen LogP contribution in [0.3, 0.4) is 0 Å². The molecule has 1 fully saturated rings. The monoisotopic (exact) mass is 225 g/mol. The minimum Gasteiger partial charge on any atom is -0.371 e. The normalized spacial score (nSPS) is 19.5. The summed E-state index contributed by atoms with van der Waals surface area (Å²) in [6.45, 7) is 0.596. The SMILES string of the molecule is O=C1CCN(CCOCC(F)(F)F)CC1. The Balaban J connectivity index is 2.03. The van der Waals surface area contributed by atoms with E-state index >= 15 is 0 Å². The van der Waals surface area contributed by atoms with Gasteiger partial charge in [-0.3, -0.25) is 4.79 Å². The van der Waals surface area contributed by atoms with Crippen molar-refractivity contribution in [3.8, 4) is 0 Å². The Kier molecular flexibility index (Phi) is 4.53. The van der Waals surface area contributed by atoms with Crippen LogP contribution in [0, 0.1) is 0 Å². The van der Waals surface area contributed by atoms with Gasteiger partial charge in [0.25, 0.3) is 0 Å². The molecule has 0 bridgehead atoms. The molecule has 0 aliphatic carbocycles. The third-order valence-electron chi connectivity index (χ3n) is 2.23. The number of Topliss-reactive ketones (excluding diaryl/α,β-unsaturated/α-hetero) is 1. The lowest BCUT2D eigenvalue weighted by atomic mass is 10.1. The number of rotatable bonds is 4. The fourth-order valence-electron chi connectivity index (χ4n) is 1.41. The van der Waals surface area contributed by atoms with Crippen LogP contribution in [0.5, 0.6) is 0 Å². The van der Waals surface area contributed by atoms with E-state index in [1.165, 1.54) is 0 Å². The molecule has 1 aliphatic rings. The van der Waals surface area contributed by atoms with Crippen LogP contribution in [0.25, 0.3) is 0 Å². The number of ketones is 1. The maximum atomic E-state index is 11.7. The third kappa shape index (κ3) is 5.74. The van der Waals surface area contributed by atoms with Gasteiger partial charge in [-0.15, -0.1) is 0 Å². The van der Waals surface area contributed by atoms with Crippen LogP contribution in [-0.4, -0.2) is 49.7 Å². The van der Waals surface area contributed by atoms with Gasteiger partial charge in [0.1, 0.15) is 12.4 Å². The van der Waals surface area contributed by atoms with Crippen molar-refractivity contribution in [2.75, 3.05) is 32.8 Å². The first-order valence-electron chi connectivity index (χ1n) is 4.86. The van der Waals surface area contributed by atoms with Crippen LogP contribution in [-0.2, 0) is 9.53 Å². The van der Waals surface area contributed by atoms with Crippen LogP contribution in [0.4, 0.5) is 13.2 Å². The Morgan fingerprint density at radius 3 is 2.40 bits per heavy atom. The predicted octanol–water partition coefficient (Wildman–Crippen LogP) is 1.23. The lowest BCUT2D eigenvalue weighted by Gasteiger charge is -2.25. The molecular weight excluding hydrogens is 211 g/mol. The summed E-state index contributed by atoms with van der Waals surface area (Å²) in [5.74, 6) is 0.224. The quantitative estimate of drug-likeness (QED) is 0.674. The van der Waals surface area contributed by atoms with Crippen molar-refractivity contribution in [3.05, 3.63) is 0 Å². The highest BCUT2D eigenvalue weighted by Gasteiger charge is 2.27. The minimum atomic E-state index is -4.25. The van der Waals surface area contributed by atoms with Crippen molar-refractivity contribution in [1.29, 1.82) is 0 Å². The van der Waals surface area contributed by atoms with Gasteiger partial charge in [0.05, 0.1) is 6.61 Å². The Bertz CT molecular complexity index is 208. The second-order valence-corrected chi connectivity index (χ2v) is 3.55. The lowest BCUT2D eigenvalue weighted by molar-refractivity contribution is -0.174. The van der Waals surface area contributed by atoms with Crippen LogP contribution < -0.4 is 0 Å². The van der Waals surface area contributed by atoms with E-state index in [9.17, 15) is 18.0 Å². The van der Waals surface area contributed by atoms with Gasteiger partial charge < -0.3 is 9.64 Å². The second-order valence-electron chi connectivity index (χ2n) is 3.55. The van der Waals surface area contributed by atoms with Gasteiger partial charge in [-0.1, -0.05) is 0 Å². The molecule has 15 heavy (non-hydrogen) atoms. The van der Waals surface area contributed by atoms with Gasteiger partial charge in [-0.2, -0.15) is 13.2 Å². The number of carbonyl (C=O) groups excluding carboxylic acids is 1. The average Bonchev–Trinajstić information content (AvgIpc) is 2.14. The molecule has 0 aromatic carbocycles. The maximum absolute atomic E-state index is 11.7. The maximum Gasteiger partial charge on any atom is 0.411 e. The molecule has 0 saturated carbocycles. The van der Waals surface area contributed by atoms with Gasteiger partial charge in [-0.25, -0.2) is 0 Å². The molecule has 0 atom stereocenters. The van der Waals surface area contributed by atoms with Crippen molar-refractivity contribution in [1.82, 2.24) is 4.90 Å². The van der Waals surface area contributed by atoms with E-state index in [2.05, 4.69) is 4.74 Å². The molecule has 88 valence electrons. The van der Waals surface area contributed by atoms with E-state index in [-0.39, 0.29) is 12.4 Å². The van der Waals surface area contributed by atoms with Gasteiger partial charge in [0, 0.05) is 32.5 Å². The Morgan fingerprint density at radius 1 is 1.27 bits per heavy atom. The number of carbonyl (C=O) groups is 1. The standard InChI is InChI=1S/C9H14F3NO2/c10-9(11,12)7-15-6-5-13-3-1-8(14)2-4-13/h1-7H2. The molecule has 0 aromatic rings. The zero-order valence-corrected chi connectivity index (χ0v) is 8.35. The van der Waals surface area contributed by atoms with Gasteiger partial charge in [0.15, 0.2) is 0 Å². The van der Waals surface area contributed by atoms with Crippen molar-refractivity contribution < 1.29 is 22.7 Å². The number of piperidine rings is 1. The number of hydrogen-bond acceptors (Lipinski definition) is 3. The van der Waals surface area contributed by atoms with Gasteiger partial charge >= 0.3 is 6.18 Å². The van der Waals surface area contributed by atoms with E-state index in [0.717, 1.165) is 0 Å². The number of hydrogen-bond donors (Lipinski definition) is 0. The number of halogens is 3. The highest BCUT2D eigenvalue weighted by molar-refractivity contribution is 5.79. The van der Waals surface area contributed by atoms with E-state index in [1.54, 1.807) is 0 Å². The number of likely N-dealkylation sites (tertiary alicyclic amines) is 1. The van der Waals surface area contributed by atoms with E-state index < -0.39 is 12.8 Å². The molecule has 0 radical (unpaired) electrons. The minimum absolute atomic E-state index is 0.0632. The Morgan fingerprint density at radius 2 is 1.87 bits per heavy atom. The van der Waals surface area contributed by atoms with Crippen molar-refractivity contribution in [2.24, 2.45) is 0 Å². The van der Waals surface area contributed by atoms with Crippen molar-refractivity contribution >= 4 is 5.78 Å². The van der Waals surface area contributed by atoms with Gasteiger partial charge in [0.2, 0.25) is 0 Å². The fourth-order valence-corrected chi connectivity index (χ4v) is 1.41. The second kappa shape index (κ2) is 5.46. The highest BCUT2D eigenvalue weighted by Crippen LogP contribution is 2.14. The summed E-state index contributed by atoms with van der Waals surface area (Å²) >= 11 is 0. The summed E-state index contributed by atoms with van der Waals surface area (Å²) in [5.41, 5.74) is 0. The first-order chi connectivity index (χ1) is 6.97. The molecule has 1 aliphatic heterocycles. The van der Waals surface area contributed by atoms with Gasteiger partial charge in [-0.05, 0) is 0 Å². The summed E-state index contributed by atoms with van der Waals surface area (Å²) < 4.78 is 39.5. The van der Waals surface area contributed by atoms with Crippen LogP contribution in [0.15, 0.2) is 0 Å². The molecule has 1 heterocycles. The number of ether oxygens (including phenoxy) is 1. The summed E-state index contributed by atoms with van der Waals surface area (Å²) in [6, 6.07) is 0. The predicted molar refractivity (Wildman–Crippen MR) is 47.6 cm³/mol. The van der Waals surface area contributed by atoms with Crippen LogP contribution in [0.1, 0.15) is 12.8 Å². The molecule has 3 nitrogen and oxygen atoms in total. The van der Waals surface area contributed by atoms with Crippen LogP contribution in [0.2, 0.25) is 0 Å². The molecule has 1 saturated heterocycles. The molecule has 0 spiro atoms. The average molecular weight is 225 g/mol. The molecule has 0 N–H and O–H groups in total. The van der Waals surface area contributed by atoms with Crippen LogP contribution >= 0.6 is 0 Å². The smallest absolute Gasteiger partial charge is 0.371 e. The Labute approximate surface area is 86.2 Å². The van der Waals surface area contributed by atoms with Crippen molar-refractivity contribution in [3.63, 3.8) is 0 Å². The van der Waals surface area contributed by atoms with E-state index in [4.69, 9.17) is 0 Å². The zero-order valence-electron chi connectivity index (χ0n) is 8.35. The Hall–Kier alpha value is -0.620. The van der Waals surface area contributed by atoms with Crippen molar-refractivity contribution in [2.45, 2.75) is 19.0 Å². The van der Waals surface area contributed by atoms with E-state index in [0.29, 0.717) is 32.5 Å². The molecule has 6 heteroatoms. The molecule has 0 amide bonds. The zero-order chi connectivity index (χ0) is 11.3. The third-order valence-corrected chi connectivity index (χ3v) is 2.23.